The van der Waals surface area contributed by atoms with Crippen molar-refractivity contribution in [3.05, 3.63) is 78.4 Å². The van der Waals surface area contributed by atoms with E-state index < -0.39 is 11.7 Å². The second-order valence-electron chi connectivity index (χ2n) is 5.97. The molecule has 0 radical (unpaired) electrons. The number of carbonyl (C=O) groups excluding carboxylic acids is 1. The molecular formula is C21H14F2N2O3. The third-order valence-corrected chi connectivity index (χ3v) is 3.96. The first-order valence-electron chi connectivity index (χ1n) is 8.42. The van der Waals surface area contributed by atoms with Crippen molar-refractivity contribution in [2.45, 2.75) is 0 Å². The normalized spacial score (nSPS) is 10.8. The highest BCUT2D eigenvalue weighted by Crippen LogP contribution is 2.27. The predicted molar refractivity (Wildman–Crippen MR) is 99.9 cm³/mol. The molecule has 0 aliphatic carbocycles. The van der Waals surface area contributed by atoms with Gasteiger partial charge in [0.1, 0.15) is 22.9 Å². The van der Waals surface area contributed by atoms with Gasteiger partial charge in [-0.05, 0) is 48.5 Å². The smallest absolute Gasteiger partial charge is 0.262 e. The second-order valence-corrected chi connectivity index (χ2v) is 5.97. The molecule has 7 heteroatoms. The highest BCUT2D eigenvalue weighted by molar-refractivity contribution is 5.93. The molecule has 140 valence electrons. The zero-order chi connectivity index (χ0) is 19.5. The van der Waals surface area contributed by atoms with Crippen molar-refractivity contribution in [1.82, 2.24) is 4.98 Å². The number of anilines is 1. The minimum Gasteiger partial charge on any atom is -0.484 e. The number of rotatable bonds is 5. The molecule has 0 unspecified atom stereocenters. The Kier molecular flexibility index (Phi) is 4.72. The molecule has 0 aliphatic heterocycles. The van der Waals surface area contributed by atoms with E-state index in [-0.39, 0.29) is 23.9 Å². The van der Waals surface area contributed by atoms with Gasteiger partial charge in [-0.3, -0.25) is 4.79 Å². The van der Waals surface area contributed by atoms with Crippen LogP contribution >= 0.6 is 0 Å². The van der Waals surface area contributed by atoms with Crippen LogP contribution in [0.1, 0.15) is 0 Å². The maximum absolute atomic E-state index is 13.9. The van der Waals surface area contributed by atoms with Gasteiger partial charge in [0.15, 0.2) is 12.2 Å². The number of aromatic nitrogens is 1. The average molecular weight is 380 g/mol. The molecule has 28 heavy (non-hydrogen) atoms. The van der Waals surface area contributed by atoms with Crippen LogP contribution in [0.15, 0.2) is 71.1 Å². The standard InChI is InChI=1S/C21H14F2N2O3/c22-13-5-8-15(9-6-13)27-12-20(26)24-14-7-10-18-19(11-14)28-21(25-18)16-3-1-2-4-17(16)23/h1-11H,12H2,(H,24,26). The van der Waals surface area contributed by atoms with E-state index in [9.17, 15) is 13.6 Å². The van der Waals surface area contributed by atoms with Gasteiger partial charge < -0.3 is 14.5 Å². The van der Waals surface area contributed by atoms with Crippen molar-refractivity contribution >= 4 is 22.7 Å². The summed E-state index contributed by atoms with van der Waals surface area (Å²) in [6.07, 6.45) is 0. The summed E-state index contributed by atoms with van der Waals surface area (Å²) in [5.41, 5.74) is 1.70. The summed E-state index contributed by atoms with van der Waals surface area (Å²) in [5, 5.41) is 2.68. The number of nitrogens with one attached hydrogen (secondary N) is 1. The fourth-order valence-corrected chi connectivity index (χ4v) is 2.63. The van der Waals surface area contributed by atoms with Crippen LogP contribution in [0.5, 0.6) is 5.75 Å². The first kappa shape index (κ1) is 17.7. The lowest BCUT2D eigenvalue weighted by atomic mass is 10.2. The Bertz CT molecular complexity index is 1140. The molecule has 0 spiro atoms. The molecule has 1 N–H and O–H groups in total. The van der Waals surface area contributed by atoms with Crippen molar-refractivity contribution in [3.8, 4) is 17.2 Å². The van der Waals surface area contributed by atoms with Crippen LogP contribution in [0.25, 0.3) is 22.6 Å². The molecule has 4 aromatic rings. The van der Waals surface area contributed by atoms with E-state index in [1.807, 2.05) is 0 Å². The largest absolute Gasteiger partial charge is 0.484 e. The molecule has 1 amide bonds. The lowest BCUT2D eigenvalue weighted by Gasteiger charge is -2.07. The Hall–Kier alpha value is -3.74. The SMILES string of the molecule is O=C(COc1ccc(F)cc1)Nc1ccc2nc(-c3ccccc3F)oc2c1. The number of carbonyl (C=O) groups is 1. The number of benzene rings is 3. The van der Waals surface area contributed by atoms with E-state index in [0.29, 0.717) is 22.5 Å². The van der Waals surface area contributed by atoms with E-state index in [2.05, 4.69) is 10.3 Å². The highest BCUT2D eigenvalue weighted by Gasteiger charge is 2.13. The van der Waals surface area contributed by atoms with Crippen molar-refractivity contribution < 1.29 is 22.7 Å². The van der Waals surface area contributed by atoms with Gasteiger partial charge in [0.05, 0.1) is 5.56 Å². The summed E-state index contributed by atoms with van der Waals surface area (Å²) in [4.78, 5) is 16.3. The van der Waals surface area contributed by atoms with Gasteiger partial charge in [0.2, 0.25) is 5.89 Å². The molecule has 0 saturated carbocycles. The minimum absolute atomic E-state index is 0.163. The van der Waals surface area contributed by atoms with Crippen LogP contribution in [0.2, 0.25) is 0 Å². The van der Waals surface area contributed by atoms with Gasteiger partial charge in [-0.15, -0.1) is 0 Å². The van der Waals surface area contributed by atoms with Crippen LogP contribution in [-0.2, 0) is 4.79 Å². The maximum Gasteiger partial charge on any atom is 0.262 e. The van der Waals surface area contributed by atoms with E-state index in [1.54, 1.807) is 36.4 Å². The fourth-order valence-electron chi connectivity index (χ4n) is 2.63. The highest BCUT2D eigenvalue weighted by atomic mass is 19.1. The Balaban J connectivity index is 1.46. The van der Waals surface area contributed by atoms with Gasteiger partial charge >= 0.3 is 0 Å². The lowest BCUT2D eigenvalue weighted by molar-refractivity contribution is -0.118. The van der Waals surface area contributed by atoms with Crippen LogP contribution < -0.4 is 10.1 Å². The Labute approximate surface area is 158 Å². The quantitative estimate of drug-likeness (QED) is 0.541. The van der Waals surface area contributed by atoms with Gasteiger partial charge in [-0.1, -0.05) is 12.1 Å². The molecule has 4 rings (SSSR count). The van der Waals surface area contributed by atoms with Crippen LogP contribution in [0.3, 0.4) is 0 Å². The summed E-state index contributed by atoms with van der Waals surface area (Å²) in [6.45, 7) is -0.236. The molecule has 0 saturated heterocycles. The second kappa shape index (κ2) is 7.48. The molecule has 0 atom stereocenters. The molecular weight excluding hydrogens is 366 g/mol. The van der Waals surface area contributed by atoms with Gasteiger partial charge in [-0.25, -0.2) is 13.8 Å². The molecule has 5 nitrogen and oxygen atoms in total. The average Bonchev–Trinajstić information content (AvgIpc) is 3.11. The molecule has 1 heterocycles. The van der Waals surface area contributed by atoms with Crippen LogP contribution in [0.4, 0.5) is 14.5 Å². The number of ether oxygens (including phenoxy) is 1. The topological polar surface area (TPSA) is 64.4 Å². The molecule has 0 aliphatic rings. The Morgan fingerprint density at radius 3 is 2.61 bits per heavy atom. The lowest BCUT2D eigenvalue weighted by Crippen LogP contribution is -2.20. The molecule has 3 aromatic carbocycles. The number of hydrogen-bond acceptors (Lipinski definition) is 4. The zero-order valence-corrected chi connectivity index (χ0v) is 14.5. The number of oxazole rings is 1. The summed E-state index contributed by atoms with van der Waals surface area (Å²) < 4.78 is 37.7. The maximum atomic E-state index is 13.9. The van der Waals surface area contributed by atoms with Crippen molar-refractivity contribution in [1.29, 1.82) is 0 Å². The number of nitrogens with zero attached hydrogens (tertiary/aromatic N) is 1. The third-order valence-electron chi connectivity index (χ3n) is 3.96. The molecule has 0 fully saturated rings. The number of amides is 1. The van der Waals surface area contributed by atoms with Crippen LogP contribution in [0, 0.1) is 11.6 Å². The summed E-state index contributed by atoms with van der Waals surface area (Å²) >= 11 is 0. The molecule has 0 bridgehead atoms. The van der Waals surface area contributed by atoms with E-state index in [0.717, 1.165) is 0 Å². The van der Waals surface area contributed by atoms with Gasteiger partial charge in [0.25, 0.3) is 5.91 Å². The minimum atomic E-state index is -0.430. The van der Waals surface area contributed by atoms with Gasteiger partial charge in [-0.2, -0.15) is 0 Å². The summed E-state index contributed by atoms with van der Waals surface area (Å²) in [7, 11) is 0. The third kappa shape index (κ3) is 3.83. The number of halogens is 2. The monoisotopic (exact) mass is 380 g/mol. The summed E-state index contributed by atoms with van der Waals surface area (Å²) in [5.74, 6) is -0.655. The van der Waals surface area contributed by atoms with Crippen molar-refractivity contribution in [3.63, 3.8) is 0 Å². The molecule has 1 aromatic heterocycles. The van der Waals surface area contributed by atoms with E-state index in [1.165, 1.54) is 30.3 Å². The first-order chi connectivity index (χ1) is 13.6. The van der Waals surface area contributed by atoms with E-state index >= 15 is 0 Å². The summed E-state index contributed by atoms with van der Waals surface area (Å²) in [6, 6.07) is 16.5. The number of hydrogen-bond donors (Lipinski definition) is 1. The van der Waals surface area contributed by atoms with Crippen molar-refractivity contribution in [2.75, 3.05) is 11.9 Å². The fraction of sp³-hybridized carbons (Fsp3) is 0.0476. The first-order valence-corrected chi connectivity index (χ1v) is 8.42. The Morgan fingerprint density at radius 1 is 1.04 bits per heavy atom. The predicted octanol–water partition coefficient (Wildman–Crippen LogP) is 4.79. The number of fused-ring (bicyclic) bond motifs is 1. The van der Waals surface area contributed by atoms with Crippen LogP contribution in [-0.4, -0.2) is 17.5 Å². The Morgan fingerprint density at radius 2 is 1.82 bits per heavy atom. The zero-order valence-electron chi connectivity index (χ0n) is 14.5. The van der Waals surface area contributed by atoms with E-state index in [4.69, 9.17) is 9.15 Å². The van der Waals surface area contributed by atoms with Gasteiger partial charge in [0, 0.05) is 11.8 Å². The van der Waals surface area contributed by atoms with Crippen molar-refractivity contribution in [2.24, 2.45) is 0 Å².